The highest BCUT2D eigenvalue weighted by Crippen LogP contribution is 2.41. The number of halogens is 2. The van der Waals surface area contributed by atoms with Crippen LogP contribution in [-0.4, -0.2) is 18.0 Å². The van der Waals surface area contributed by atoms with Crippen molar-refractivity contribution in [3.8, 4) is 0 Å². The lowest BCUT2D eigenvalue weighted by atomic mass is 9.79. The molecule has 0 aliphatic heterocycles. The standard InChI is InChI=1S/C17H25ClN2O.ClH/c1-16(2,19)12-20-15(21)17(8-3-4-9-17)11-13-6-5-7-14(18)10-13;/h5-7,10H,3-4,8-9,11-12,19H2,1-2H3,(H,20,21);1H. The predicted molar refractivity (Wildman–Crippen MR) is 94.6 cm³/mol. The average Bonchev–Trinajstić information content (AvgIpc) is 2.85. The minimum Gasteiger partial charge on any atom is -0.354 e. The third-order valence-electron chi connectivity index (χ3n) is 4.18. The van der Waals surface area contributed by atoms with Crippen molar-refractivity contribution in [1.29, 1.82) is 0 Å². The van der Waals surface area contributed by atoms with Crippen LogP contribution in [0.5, 0.6) is 0 Å². The predicted octanol–water partition coefficient (Wildman–Crippen LogP) is 3.72. The molecular weight excluding hydrogens is 319 g/mol. The van der Waals surface area contributed by atoms with Crippen LogP contribution < -0.4 is 11.1 Å². The number of rotatable bonds is 5. The number of carbonyl (C=O) groups excluding carboxylic acids is 1. The van der Waals surface area contributed by atoms with Gasteiger partial charge >= 0.3 is 0 Å². The lowest BCUT2D eigenvalue weighted by Crippen LogP contribution is -2.49. The van der Waals surface area contributed by atoms with Gasteiger partial charge in [-0.2, -0.15) is 0 Å². The SMILES string of the molecule is CC(C)(N)CNC(=O)C1(Cc2cccc(Cl)c2)CCCC1.Cl. The Balaban J connectivity index is 0.00000242. The van der Waals surface area contributed by atoms with Gasteiger partial charge in [0.25, 0.3) is 0 Å². The van der Waals surface area contributed by atoms with Gasteiger partial charge in [-0.15, -0.1) is 12.4 Å². The molecule has 1 saturated carbocycles. The summed E-state index contributed by atoms with van der Waals surface area (Å²) < 4.78 is 0. The summed E-state index contributed by atoms with van der Waals surface area (Å²) in [5.41, 5.74) is 6.42. The number of hydrogen-bond donors (Lipinski definition) is 2. The van der Waals surface area contributed by atoms with E-state index in [1.54, 1.807) is 0 Å². The molecule has 0 atom stereocenters. The van der Waals surface area contributed by atoms with Gasteiger partial charge in [-0.3, -0.25) is 4.79 Å². The second-order valence-corrected chi connectivity index (χ2v) is 7.40. The lowest BCUT2D eigenvalue weighted by Gasteiger charge is -2.30. The molecule has 0 aromatic heterocycles. The first-order valence-electron chi connectivity index (χ1n) is 7.62. The highest BCUT2D eigenvalue weighted by Gasteiger charge is 2.41. The Labute approximate surface area is 144 Å². The molecule has 1 aliphatic carbocycles. The summed E-state index contributed by atoms with van der Waals surface area (Å²) in [6.45, 7) is 4.35. The number of nitrogens with one attached hydrogen (secondary N) is 1. The second kappa shape index (κ2) is 7.67. The van der Waals surface area contributed by atoms with E-state index in [1.807, 2.05) is 38.1 Å². The highest BCUT2D eigenvalue weighted by molar-refractivity contribution is 6.30. The van der Waals surface area contributed by atoms with Crippen LogP contribution in [0.1, 0.15) is 45.1 Å². The summed E-state index contributed by atoms with van der Waals surface area (Å²) >= 11 is 6.06. The second-order valence-electron chi connectivity index (χ2n) is 6.97. The number of carbonyl (C=O) groups is 1. The van der Waals surface area contributed by atoms with E-state index < -0.39 is 0 Å². The van der Waals surface area contributed by atoms with Crippen molar-refractivity contribution in [2.75, 3.05) is 6.54 Å². The van der Waals surface area contributed by atoms with Crippen LogP contribution in [0.15, 0.2) is 24.3 Å². The van der Waals surface area contributed by atoms with E-state index in [-0.39, 0.29) is 29.3 Å². The number of benzene rings is 1. The molecule has 0 bridgehead atoms. The van der Waals surface area contributed by atoms with Crippen molar-refractivity contribution in [2.45, 2.75) is 51.5 Å². The van der Waals surface area contributed by atoms with Crippen molar-refractivity contribution in [1.82, 2.24) is 5.32 Å². The maximum Gasteiger partial charge on any atom is 0.226 e. The Morgan fingerprint density at radius 1 is 1.36 bits per heavy atom. The number of nitrogens with two attached hydrogens (primary N) is 1. The molecule has 1 amide bonds. The van der Waals surface area contributed by atoms with Gasteiger partial charge < -0.3 is 11.1 Å². The monoisotopic (exact) mass is 344 g/mol. The van der Waals surface area contributed by atoms with Gasteiger partial charge in [0.2, 0.25) is 5.91 Å². The molecule has 2 rings (SSSR count). The Kier molecular flexibility index (Phi) is 6.72. The third kappa shape index (κ3) is 5.15. The Hall–Kier alpha value is -0.770. The van der Waals surface area contributed by atoms with E-state index in [0.717, 1.165) is 42.7 Å². The molecule has 0 unspecified atom stereocenters. The molecule has 1 aromatic carbocycles. The minimum atomic E-state index is -0.383. The van der Waals surface area contributed by atoms with Crippen LogP contribution in [0.25, 0.3) is 0 Å². The van der Waals surface area contributed by atoms with E-state index >= 15 is 0 Å². The topological polar surface area (TPSA) is 55.1 Å². The average molecular weight is 345 g/mol. The zero-order chi connectivity index (χ0) is 15.5. The molecule has 1 aliphatic rings. The maximum atomic E-state index is 12.7. The minimum absolute atomic E-state index is 0. The van der Waals surface area contributed by atoms with Gasteiger partial charge in [0.05, 0.1) is 5.41 Å². The van der Waals surface area contributed by atoms with E-state index in [1.165, 1.54) is 0 Å². The van der Waals surface area contributed by atoms with Crippen LogP contribution >= 0.6 is 24.0 Å². The summed E-state index contributed by atoms with van der Waals surface area (Å²) in [5.74, 6) is 0.138. The summed E-state index contributed by atoms with van der Waals surface area (Å²) in [7, 11) is 0. The lowest BCUT2D eigenvalue weighted by molar-refractivity contribution is -0.131. The molecule has 3 nitrogen and oxygen atoms in total. The van der Waals surface area contributed by atoms with Crippen LogP contribution in [0.2, 0.25) is 5.02 Å². The highest BCUT2D eigenvalue weighted by atomic mass is 35.5. The third-order valence-corrected chi connectivity index (χ3v) is 4.41. The van der Waals surface area contributed by atoms with Crippen molar-refractivity contribution in [3.63, 3.8) is 0 Å². The largest absolute Gasteiger partial charge is 0.354 e. The van der Waals surface area contributed by atoms with Gasteiger partial charge in [0.15, 0.2) is 0 Å². The first-order chi connectivity index (χ1) is 9.81. The summed E-state index contributed by atoms with van der Waals surface area (Å²) in [4.78, 5) is 12.7. The number of hydrogen-bond acceptors (Lipinski definition) is 2. The first kappa shape index (κ1) is 19.3. The first-order valence-corrected chi connectivity index (χ1v) is 8.00. The van der Waals surface area contributed by atoms with Crippen LogP contribution in [-0.2, 0) is 11.2 Å². The van der Waals surface area contributed by atoms with Gasteiger partial charge in [0.1, 0.15) is 0 Å². The van der Waals surface area contributed by atoms with Crippen LogP contribution in [0, 0.1) is 5.41 Å². The summed E-state index contributed by atoms with van der Waals surface area (Å²) in [6, 6.07) is 7.82. The summed E-state index contributed by atoms with van der Waals surface area (Å²) in [5, 5.41) is 3.77. The molecule has 0 saturated heterocycles. The van der Waals surface area contributed by atoms with Crippen LogP contribution in [0.3, 0.4) is 0 Å². The molecule has 1 fully saturated rings. The molecule has 1 aromatic rings. The molecule has 0 heterocycles. The molecular formula is C17H26Cl2N2O. The van der Waals surface area contributed by atoms with Gasteiger partial charge in [-0.1, -0.05) is 36.6 Å². The Morgan fingerprint density at radius 2 is 2.00 bits per heavy atom. The fourth-order valence-electron chi connectivity index (χ4n) is 3.07. The quantitative estimate of drug-likeness (QED) is 0.855. The van der Waals surface area contributed by atoms with E-state index in [9.17, 15) is 4.79 Å². The van der Waals surface area contributed by atoms with Crippen LogP contribution in [0.4, 0.5) is 0 Å². The van der Waals surface area contributed by atoms with Crippen molar-refractivity contribution >= 4 is 29.9 Å². The summed E-state index contributed by atoms with van der Waals surface area (Å²) in [6.07, 6.45) is 4.86. The molecule has 5 heteroatoms. The van der Waals surface area contributed by atoms with Gasteiger partial charge in [-0.05, 0) is 50.8 Å². The number of amides is 1. The molecule has 0 spiro atoms. The van der Waals surface area contributed by atoms with Crippen molar-refractivity contribution in [3.05, 3.63) is 34.9 Å². The molecule has 0 radical (unpaired) electrons. The Morgan fingerprint density at radius 3 is 2.55 bits per heavy atom. The Bertz CT molecular complexity index is 506. The van der Waals surface area contributed by atoms with Gasteiger partial charge in [0, 0.05) is 17.1 Å². The van der Waals surface area contributed by atoms with E-state index in [4.69, 9.17) is 17.3 Å². The van der Waals surface area contributed by atoms with Crippen molar-refractivity contribution in [2.24, 2.45) is 11.1 Å². The zero-order valence-electron chi connectivity index (χ0n) is 13.3. The van der Waals surface area contributed by atoms with Crippen molar-refractivity contribution < 1.29 is 4.79 Å². The van der Waals surface area contributed by atoms with E-state index in [0.29, 0.717) is 6.54 Å². The molecule has 3 N–H and O–H groups in total. The fourth-order valence-corrected chi connectivity index (χ4v) is 3.28. The normalized spacial score (nSPS) is 16.9. The molecule has 124 valence electrons. The zero-order valence-corrected chi connectivity index (χ0v) is 14.9. The molecule has 22 heavy (non-hydrogen) atoms. The maximum absolute atomic E-state index is 12.7. The smallest absolute Gasteiger partial charge is 0.226 e. The van der Waals surface area contributed by atoms with Gasteiger partial charge in [-0.25, -0.2) is 0 Å². The fraction of sp³-hybridized carbons (Fsp3) is 0.588. The van der Waals surface area contributed by atoms with E-state index in [2.05, 4.69) is 5.32 Å².